The lowest BCUT2D eigenvalue weighted by molar-refractivity contribution is -0.669. The lowest BCUT2D eigenvalue weighted by Crippen LogP contribution is -2.34. The van der Waals surface area contributed by atoms with Crippen LogP contribution in [-0.4, -0.2) is 23.6 Å². The van der Waals surface area contributed by atoms with Gasteiger partial charge in [0.15, 0.2) is 6.20 Å². The molecule has 4 aromatic rings. The normalized spacial score (nSPS) is 11.4. The van der Waals surface area contributed by atoms with Gasteiger partial charge in [-0.2, -0.15) is 0 Å². The van der Waals surface area contributed by atoms with Crippen molar-refractivity contribution in [3.05, 3.63) is 94.7 Å². The molecular formula is C25H20BrN2O5S+. The minimum absolute atomic E-state index is 0.192. The quantitative estimate of drug-likeness (QED) is 0.232. The largest absolute Gasteiger partial charge is 0.477 e. The van der Waals surface area contributed by atoms with Crippen LogP contribution in [0.25, 0.3) is 16.2 Å². The number of hydrogen-bond acceptors (Lipinski definition) is 5. The van der Waals surface area contributed by atoms with Gasteiger partial charge in [0.05, 0.1) is 9.86 Å². The predicted molar refractivity (Wildman–Crippen MR) is 132 cm³/mol. The summed E-state index contributed by atoms with van der Waals surface area (Å²) in [6.45, 7) is -0.0809. The van der Waals surface area contributed by atoms with Crippen LogP contribution in [0.3, 0.4) is 0 Å². The van der Waals surface area contributed by atoms with Crippen molar-refractivity contribution >= 4 is 55.5 Å². The van der Waals surface area contributed by atoms with Gasteiger partial charge >= 0.3 is 5.97 Å². The molecule has 0 aliphatic rings. The third kappa shape index (κ3) is 6.28. The van der Waals surface area contributed by atoms with E-state index < -0.39 is 11.9 Å². The Kier molecular flexibility index (Phi) is 7.69. The number of nitrogens with zero attached hydrogens (tertiary/aromatic N) is 1. The third-order valence-corrected chi connectivity index (χ3v) is 6.30. The lowest BCUT2D eigenvalue weighted by Gasteiger charge is -2.08. The zero-order valence-corrected chi connectivity index (χ0v) is 20.2. The second-order valence-electron chi connectivity index (χ2n) is 7.17. The Balaban J connectivity index is 1.33. The van der Waals surface area contributed by atoms with Crippen molar-refractivity contribution in [1.29, 1.82) is 0 Å². The predicted octanol–water partition coefficient (Wildman–Crippen LogP) is 4.96. The zero-order chi connectivity index (χ0) is 23.9. The molecule has 0 atom stereocenters. The molecule has 0 unspecified atom stereocenters. The second-order valence-corrected chi connectivity index (χ2v) is 9.11. The van der Waals surface area contributed by atoms with Crippen LogP contribution in [0.5, 0.6) is 11.5 Å². The number of aliphatic carboxylic acids is 1. The Morgan fingerprint density at radius 1 is 1.03 bits per heavy atom. The summed E-state index contributed by atoms with van der Waals surface area (Å²) in [6.07, 6.45) is 3.31. The summed E-state index contributed by atoms with van der Waals surface area (Å²) in [7, 11) is 0. The fraction of sp³-hybridized carbons (Fsp3) is 0.0800. The van der Waals surface area contributed by atoms with E-state index in [0.717, 1.165) is 14.6 Å². The standard InChI is InChI=1S/C25H19BrN2O5S/c26-20-6-2-3-7-22(20)33-19-11-9-17(10-12-19)13-21(25(30)31)27-24(29)15-32-16-28-14-18-5-1-4-8-23(18)34-28/h1-14H,15-16H2,(H-,27,29,30,31)/p+1/b21-13-. The van der Waals surface area contributed by atoms with Gasteiger partial charge in [-0.1, -0.05) is 36.4 Å². The van der Waals surface area contributed by atoms with Crippen LogP contribution in [0.1, 0.15) is 5.56 Å². The highest BCUT2D eigenvalue weighted by Gasteiger charge is 2.14. The van der Waals surface area contributed by atoms with Crippen molar-refractivity contribution < 1.29 is 28.1 Å². The molecule has 0 bridgehead atoms. The number of carbonyl (C=O) groups is 2. The molecule has 172 valence electrons. The van der Waals surface area contributed by atoms with E-state index in [2.05, 4.69) is 21.2 Å². The Morgan fingerprint density at radius 3 is 2.50 bits per heavy atom. The van der Waals surface area contributed by atoms with Gasteiger partial charge in [-0.25, -0.2) is 4.79 Å². The third-order valence-electron chi connectivity index (χ3n) is 4.63. The van der Waals surface area contributed by atoms with E-state index in [1.807, 2.05) is 58.7 Å². The van der Waals surface area contributed by atoms with Crippen LogP contribution >= 0.6 is 27.5 Å². The first-order valence-corrected chi connectivity index (χ1v) is 11.8. The number of halogens is 1. The van der Waals surface area contributed by atoms with Crippen molar-refractivity contribution in [2.75, 3.05) is 6.61 Å². The SMILES string of the molecule is O=C(COC[n+]1cc2ccccc2s1)N/C(=C\c1ccc(Oc2ccccc2Br)cc1)C(=O)O. The van der Waals surface area contributed by atoms with E-state index in [0.29, 0.717) is 17.1 Å². The van der Waals surface area contributed by atoms with E-state index in [1.165, 1.54) is 17.6 Å². The highest BCUT2D eigenvalue weighted by molar-refractivity contribution is 9.10. The molecule has 2 N–H and O–H groups in total. The van der Waals surface area contributed by atoms with Gasteiger partial charge in [0.2, 0.25) is 0 Å². The molecule has 34 heavy (non-hydrogen) atoms. The number of para-hydroxylation sites is 1. The van der Waals surface area contributed by atoms with Gasteiger partial charge in [-0.05, 0) is 64.0 Å². The molecule has 1 aromatic heterocycles. The molecule has 0 spiro atoms. The fourth-order valence-corrected chi connectivity index (χ4v) is 4.34. The molecule has 0 saturated carbocycles. The molecule has 0 radical (unpaired) electrons. The fourth-order valence-electron chi connectivity index (χ4n) is 3.06. The summed E-state index contributed by atoms with van der Waals surface area (Å²) in [5.41, 5.74) is 0.349. The van der Waals surface area contributed by atoms with E-state index in [-0.39, 0.29) is 19.0 Å². The summed E-state index contributed by atoms with van der Waals surface area (Å²) in [5.74, 6) is -0.541. The number of ether oxygens (including phenoxy) is 2. The molecule has 7 nitrogen and oxygen atoms in total. The maximum Gasteiger partial charge on any atom is 0.352 e. The van der Waals surface area contributed by atoms with E-state index in [9.17, 15) is 14.7 Å². The summed E-state index contributed by atoms with van der Waals surface area (Å²) in [6, 6.07) is 22.2. The number of hydrogen-bond donors (Lipinski definition) is 2. The van der Waals surface area contributed by atoms with Crippen molar-refractivity contribution in [3.63, 3.8) is 0 Å². The molecule has 3 aromatic carbocycles. The number of rotatable bonds is 9. The average Bonchev–Trinajstić information content (AvgIpc) is 3.24. The second kappa shape index (κ2) is 11.1. The Morgan fingerprint density at radius 2 is 1.76 bits per heavy atom. The molecule has 0 saturated heterocycles. The molecule has 4 rings (SSSR count). The van der Waals surface area contributed by atoms with Crippen LogP contribution < -0.4 is 14.0 Å². The number of amides is 1. The van der Waals surface area contributed by atoms with Gasteiger partial charge < -0.3 is 19.9 Å². The van der Waals surface area contributed by atoms with Crippen molar-refractivity contribution in [2.24, 2.45) is 0 Å². The van der Waals surface area contributed by atoms with E-state index in [4.69, 9.17) is 9.47 Å². The maximum atomic E-state index is 12.2. The van der Waals surface area contributed by atoms with Crippen LogP contribution in [-0.2, 0) is 21.1 Å². The molecule has 0 aliphatic carbocycles. The van der Waals surface area contributed by atoms with Gasteiger partial charge in [-0.15, -0.1) is 3.96 Å². The van der Waals surface area contributed by atoms with Gasteiger partial charge in [0.1, 0.15) is 40.0 Å². The summed E-state index contributed by atoms with van der Waals surface area (Å²) in [5, 5.41) is 13.0. The van der Waals surface area contributed by atoms with Crippen molar-refractivity contribution in [1.82, 2.24) is 5.32 Å². The smallest absolute Gasteiger partial charge is 0.352 e. The van der Waals surface area contributed by atoms with Gasteiger partial charge in [0, 0.05) is 0 Å². The first-order chi connectivity index (χ1) is 16.5. The van der Waals surface area contributed by atoms with Crippen LogP contribution in [0, 0.1) is 0 Å². The molecule has 0 aliphatic heterocycles. The minimum atomic E-state index is -1.25. The Labute approximate surface area is 208 Å². The first kappa shape index (κ1) is 23.6. The Hall–Kier alpha value is -3.53. The highest BCUT2D eigenvalue weighted by Crippen LogP contribution is 2.29. The van der Waals surface area contributed by atoms with Crippen molar-refractivity contribution in [3.8, 4) is 11.5 Å². The monoisotopic (exact) mass is 539 g/mol. The molecule has 1 heterocycles. The molecule has 9 heteroatoms. The number of nitrogens with one attached hydrogen (secondary N) is 1. The van der Waals surface area contributed by atoms with Crippen LogP contribution in [0.15, 0.2) is 89.2 Å². The minimum Gasteiger partial charge on any atom is -0.477 e. The number of aromatic nitrogens is 1. The molecular weight excluding hydrogens is 520 g/mol. The van der Waals surface area contributed by atoms with Crippen molar-refractivity contribution in [2.45, 2.75) is 6.73 Å². The summed E-state index contributed by atoms with van der Waals surface area (Å²) < 4.78 is 15.1. The summed E-state index contributed by atoms with van der Waals surface area (Å²) >= 11 is 4.94. The highest BCUT2D eigenvalue weighted by atomic mass is 79.9. The van der Waals surface area contributed by atoms with Gasteiger partial charge in [0.25, 0.3) is 12.6 Å². The van der Waals surface area contributed by atoms with Crippen LogP contribution in [0.2, 0.25) is 0 Å². The average molecular weight is 540 g/mol. The van der Waals surface area contributed by atoms with E-state index in [1.54, 1.807) is 24.3 Å². The van der Waals surface area contributed by atoms with E-state index >= 15 is 0 Å². The molecule has 0 fully saturated rings. The number of carboxylic acid groups (broad SMARTS) is 1. The number of carbonyl (C=O) groups excluding carboxylic acids is 1. The number of carboxylic acids is 1. The first-order valence-electron chi connectivity index (χ1n) is 10.2. The Bertz CT molecular complexity index is 1320. The number of fused-ring (bicyclic) bond motifs is 1. The van der Waals surface area contributed by atoms with Crippen LogP contribution in [0.4, 0.5) is 0 Å². The lowest BCUT2D eigenvalue weighted by atomic mass is 10.2. The molecule has 1 amide bonds. The van der Waals surface area contributed by atoms with Gasteiger partial charge in [-0.3, -0.25) is 4.79 Å². The summed E-state index contributed by atoms with van der Waals surface area (Å²) in [4.78, 5) is 23.9. The number of benzene rings is 3. The topological polar surface area (TPSA) is 88.7 Å². The zero-order valence-electron chi connectivity index (χ0n) is 17.8. The maximum absolute atomic E-state index is 12.2.